The predicted octanol–water partition coefficient (Wildman–Crippen LogP) is 2.88. The van der Waals surface area contributed by atoms with E-state index in [4.69, 9.17) is 14.2 Å². The highest BCUT2D eigenvalue weighted by Gasteiger charge is 2.06. The van der Waals surface area contributed by atoms with E-state index in [1.165, 1.54) is 5.56 Å². The molecule has 2 N–H and O–H groups in total. The molecule has 0 aliphatic heterocycles. The Morgan fingerprint density at radius 2 is 1.67 bits per heavy atom. The first-order valence-corrected chi connectivity index (χ1v) is 9.02. The van der Waals surface area contributed by atoms with E-state index < -0.39 is 0 Å². The zero-order chi connectivity index (χ0) is 19.5. The van der Waals surface area contributed by atoms with Crippen molar-refractivity contribution in [3.63, 3.8) is 0 Å². The molecule has 0 amide bonds. The minimum Gasteiger partial charge on any atom is -0.497 e. The molecule has 0 heterocycles. The lowest BCUT2D eigenvalue weighted by atomic mass is 10.1. The molecule has 0 aliphatic carbocycles. The van der Waals surface area contributed by atoms with E-state index in [0.29, 0.717) is 6.54 Å². The highest BCUT2D eigenvalue weighted by Crippen LogP contribution is 2.19. The molecule has 2 aromatic rings. The Labute approximate surface area is 161 Å². The molecule has 0 aromatic heterocycles. The first-order chi connectivity index (χ1) is 13.1. The molecule has 0 spiro atoms. The van der Waals surface area contributed by atoms with Crippen molar-refractivity contribution >= 4 is 5.96 Å². The van der Waals surface area contributed by atoms with Crippen LogP contribution >= 0.6 is 0 Å². The number of hydrogen-bond acceptors (Lipinski definition) is 4. The van der Waals surface area contributed by atoms with Gasteiger partial charge in [-0.3, -0.25) is 4.99 Å². The van der Waals surface area contributed by atoms with Crippen molar-refractivity contribution in [2.75, 3.05) is 34.4 Å². The molecule has 0 fully saturated rings. The zero-order valence-electron chi connectivity index (χ0n) is 16.5. The first-order valence-electron chi connectivity index (χ1n) is 9.02. The van der Waals surface area contributed by atoms with Gasteiger partial charge in [0.05, 0.1) is 20.8 Å². The highest BCUT2D eigenvalue weighted by molar-refractivity contribution is 5.79. The van der Waals surface area contributed by atoms with E-state index in [0.717, 1.165) is 36.2 Å². The van der Waals surface area contributed by atoms with Gasteiger partial charge < -0.3 is 24.8 Å². The van der Waals surface area contributed by atoms with Gasteiger partial charge in [0.2, 0.25) is 0 Å². The van der Waals surface area contributed by atoms with Crippen LogP contribution in [-0.2, 0) is 6.42 Å². The van der Waals surface area contributed by atoms with Crippen LogP contribution in [-0.4, -0.2) is 46.4 Å². The van der Waals surface area contributed by atoms with E-state index in [9.17, 15) is 0 Å². The molecule has 2 aromatic carbocycles. The van der Waals surface area contributed by atoms with E-state index in [1.54, 1.807) is 21.3 Å². The van der Waals surface area contributed by atoms with Gasteiger partial charge in [-0.1, -0.05) is 18.2 Å². The average molecular weight is 371 g/mol. The second kappa shape index (κ2) is 11.0. The van der Waals surface area contributed by atoms with Crippen LogP contribution in [0.15, 0.2) is 53.5 Å². The lowest BCUT2D eigenvalue weighted by Crippen LogP contribution is -2.42. The van der Waals surface area contributed by atoms with E-state index in [1.807, 2.05) is 43.3 Å². The SMILES string of the molecule is CN=C(NCCc1ccc(OC)cc1)NCC(C)Oc1cccc(OC)c1. The average Bonchev–Trinajstić information content (AvgIpc) is 2.71. The Bertz CT molecular complexity index is 717. The van der Waals surface area contributed by atoms with Crippen LogP contribution < -0.4 is 24.8 Å². The Hall–Kier alpha value is -2.89. The number of aliphatic imine (C=N–C) groups is 1. The van der Waals surface area contributed by atoms with Crippen molar-refractivity contribution < 1.29 is 14.2 Å². The third-order valence-corrected chi connectivity index (χ3v) is 4.02. The van der Waals surface area contributed by atoms with Gasteiger partial charge in [-0.2, -0.15) is 0 Å². The number of nitrogens with zero attached hydrogens (tertiary/aromatic N) is 1. The van der Waals surface area contributed by atoms with Crippen molar-refractivity contribution in [2.24, 2.45) is 4.99 Å². The first kappa shape index (κ1) is 20.4. The fraction of sp³-hybridized carbons (Fsp3) is 0.381. The Balaban J connectivity index is 1.72. The monoisotopic (exact) mass is 371 g/mol. The van der Waals surface area contributed by atoms with E-state index in [2.05, 4.69) is 27.8 Å². The molecule has 0 radical (unpaired) electrons. The minimum atomic E-state index is -0.0164. The Morgan fingerprint density at radius 1 is 0.963 bits per heavy atom. The Morgan fingerprint density at radius 3 is 2.33 bits per heavy atom. The zero-order valence-corrected chi connectivity index (χ0v) is 16.5. The lowest BCUT2D eigenvalue weighted by Gasteiger charge is -2.18. The van der Waals surface area contributed by atoms with Crippen LogP contribution in [0, 0.1) is 0 Å². The van der Waals surface area contributed by atoms with Crippen LogP contribution in [0.3, 0.4) is 0 Å². The summed E-state index contributed by atoms with van der Waals surface area (Å²) in [5.41, 5.74) is 1.24. The third kappa shape index (κ3) is 7.09. The molecule has 6 heteroatoms. The van der Waals surface area contributed by atoms with Gasteiger partial charge in [0.1, 0.15) is 23.4 Å². The van der Waals surface area contributed by atoms with E-state index in [-0.39, 0.29) is 6.10 Å². The van der Waals surface area contributed by atoms with Crippen LogP contribution in [0.1, 0.15) is 12.5 Å². The summed E-state index contributed by atoms with van der Waals surface area (Å²) >= 11 is 0. The quantitative estimate of drug-likeness (QED) is 0.524. The summed E-state index contributed by atoms with van der Waals surface area (Å²) in [4.78, 5) is 4.25. The van der Waals surface area contributed by atoms with Gasteiger partial charge in [-0.05, 0) is 43.2 Å². The summed E-state index contributed by atoms with van der Waals surface area (Å²) in [6, 6.07) is 15.7. The normalized spacial score (nSPS) is 12.2. The number of ether oxygens (including phenoxy) is 3. The number of methoxy groups -OCH3 is 2. The third-order valence-electron chi connectivity index (χ3n) is 4.02. The molecule has 27 heavy (non-hydrogen) atoms. The number of nitrogens with one attached hydrogen (secondary N) is 2. The summed E-state index contributed by atoms with van der Waals surface area (Å²) < 4.78 is 16.3. The minimum absolute atomic E-state index is 0.0164. The maximum Gasteiger partial charge on any atom is 0.191 e. The second-order valence-electron chi connectivity index (χ2n) is 6.09. The maximum atomic E-state index is 5.91. The summed E-state index contributed by atoms with van der Waals surface area (Å²) in [5.74, 6) is 3.19. The molecule has 146 valence electrons. The standard InChI is InChI=1S/C21H29N3O3/c1-16(27-20-7-5-6-19(14-20)26-4)15-24-21(22-2)23-13-12-17-8-10-18(25-3)11-9-17/h5-11,14,16H,12-13,15H2,1-4H3,(H2,22,23,24). The molecule has 2 rings (SSSR count). The van der Waals surface area contributed by atoms with Crippen LogP contribution in [0.5, 0.6) is 17.2 Å². The second-order valence-corrected chi connectivity index (χ2v) is 6.09. The summed E-state index contributed by atoms with van der Waals surface area (Å²) in [5, 5.41) is 6.60. The van der Waals surface area contributed by atoms with Crippen molar-refractivity contribution in [2.45, 2.75) is 19.4 Å². The fourth-order valence-electron chi connectivity index (χ4n) is 2.53. The molecular weight excluding hydrogens is 342 g/mol. The maximum absolute atomic E-state index is 5.91. The van der Waals surface area contributed by atoms with Crippen LogP contribution in [0.4, 0.5) is 0 Å². The summed E-state index contributed by atoms with van der Waals surface area (Å²) in [6.07, 6.45) is 0.887. The predicted molar refractivity (Wildman–Crippen MR) is 109 cm³/mol. The van der Waals surface area contributed by atoms with Gasteiger partial charge >= 0.3 is 0 Å². The number of guanidine groups is 1. The molecule has 0 saturated carbocycles. The van der Waals surface area contributed by atoms with Crippen molar-refractivity contribution in [3.8, 4) is 17.2 Å². The molecule has 1 atom stereocenters. The molecule has 0 saturated heterocycles. The molecule has 1 unspecified atom stereocenters. The van der Waals surface area contributed by atoms with Crippen molar-refractivity contribution in [3.05, 3.63) is 54.1 Å². The molecule has 0 aliphatic rings. The van der Waals surface area contributed by atoms with Gasteiger partial charge in [0.15, 0.2) is 5.96 Å². The number of rotatable bonds is 9. The Kier molecular flexibility index (Phi) is 8.29. The summed E-state index contributed by atoms with van der Waals surface area (Å²) in [6.45, 7) is 3.44. The molecule has 0 bridgehead atoms. The fourth-order valence-corrected chi connectivity index (χ4v) is 2.53. The van der Waals surface area contributed by atoms with Crippen LogP contribution in [0.2, 0.25) is 0 Å². The van der Waals surface area contributed by atoms with E-state index >= 15 is 0 Å². The molecule has 6 nitrogen and oxygen atoms in total. The number of hydrogen-bond donors (Lipinski definition) is 2. The van der Waals surface area contributed by atoms with Crippen molar-refractivity contribution in [1.29, 1.82) is 0 Å². The summed E-state index contributed by atoms with van der Waals surface area (Å²) in [7, 11) is 5.08. The number of benzene rings is 2. The smallest absolute Gasteiger partial charge is 0.191 e. The highest BCUT2D eigenvalue weighted by atomic mass is 16.5. The van der Waals surface area contributed by atoms with Crippen molar-refractivity contribution in [1.82, 2.24) is 10.6 Å². The lowest BCUT2D eigenvalue weighted by molar-refractivity contribution is 0.223. The van der Waals surface area contributed by atoms with Gasteiger partial charge in [-0.15, -0.1) is 0 Å². The largest absolute Gasteiger partial charge is 0.497 e. The topological polar surface area (TPSA) is 64.1 Å². The van der Waals surface area contributed by atoms with Crippen LogP contribution in [0.25, 0.3) is 0 Å². The van der Waals surface area contributed by atoms with Gasteiger partial charge in [0.25, 0.3) is 0 Å². The van der Waals surface area contributed by atoms with Gasteiger partial charge in [-0.25, -0.2) is 0 Å². The molecular formula is C21H29N3O3. The van der Waals surface area contributed by atoms with Gasteiger partial charge in [0, 0.05) is 19.7 Å².